The highest BCUT2D eigenvalue weighted by atomic mass is 16.4. The molecule has 1 aliphatic rings. The lowest BCUT2D eigenvalue weighted by Gasteiger charge is -2.31. The van der Waals surface area contributed by atoms with Crippen molar-refractivity contribution in [1.29, 1.82) is 0 Å². The van der Waals surface area contributed by atoms with Crippen molar-refractivity contribution in [3.8, 4) is 0 Å². The van der Waals surface area contributed by atoms with Gasteiger partial charge in [-0.1, -0.05) is 13.8 Å². The van der Waals surface area contributed by atoms with Crippen molar-refractivity contribution >= 4 is 11.9 Å². The molecule has 0 bridgehead atoms. The predicted molar refractivity (Wildman–Crippen MR) is 79.2 cm³/mol. The van der Waals surface area contributed by atoms with Crippen LogP contribution >= 0.6 is 0 Å². The molecule has 0 radical (unpaired) electrons. The maximum atomic E-state index is 12.2. The molecule has 1 aromatic heterocycles. The van der Waals surface area contributed by atoms with Gasteiger partial charge in [0.15, 0.2) is 0 Å². The molecule has 1 amide bonds. The third kappa shape index (κ3) is 4.03. The van der Waals surface area contributed by atoms with Crippen molar-refractivity contribution in [3.63, 3.8) is 0 Å². The van der Waals surface area contributed by atoms with Gasteiger partial charge in [-0.05, 0) is 49.7 Å². The third-order valence-corrected chi connectivity index (χ3v) is 4.29. The van der Waals surface area contributed by atoms with Crippen LogP contribution in [0.2, 0.25) is 0 Å². The van der Waals surface area contributed by atoms with Gasteiger partial charge in [-0.25, -0.2) is 9.78 Å². The molecule has 5 nitrogen and oxygen atoms in total. The molecule has 1 heterocycles. The molecule has 0 aliphatic heterocycles. The Morgan fingerprint density at radius 1 is 1.29 bits per heavy atom. The average molecular weight is 290 g/mol. The van der Waals surface area contributed by atoms with E-state index < -0.39 is 5.97 Å². The zero-order valence-electron chi connectivity index (χ0n) is 12.5. The van der Waals surface area contributed by atoms with E-state index in [0.29, 0.717) is 11.5 Å². The topological polar surface area (TPSA) is 79.3 Å². The highest BCUT2D eigenvalue weighted by molar-refractivity contribution is 5.96. The maximum absolute atomic E-state index is 12.2. The van der Waals surface area contributed by atoms with Gasteiger partial charge in [0.1, 0.15) is 5.69 Å². The van der Waals surface area contributed by atoms with Crippen molar-refractivity contribution < 1.29 is 14.7 Å². The number of nitrogens with zero attached hydrogens (tertiary/aromatic N) is 1. The van der Waals surface area contributed by atoms with Gasteiger partial charge in [0.05, 0.1) is 0 Å². The fourth-order valence-electron chi connectivity index (χ4n) is 2.89. The standard InChI is InChI=1S/C16H22N2O3/c1-10(2)11-3-5-13(6-4-11)18-15(19)12-7-8-17-14(9-12)16(20)21/h7-11,13H,3-6H2,1-2H3,(H,18,19)(H,20,21). The fourth-order valence-corrected chi connectivity index (χ4v) is 2.89. The van der Waals surface area contributed by atoms with Crippen molar-refractivity contribution in [2.75, 3.05) is 0 Å². The first-order chi connectivity index (χ1) is 9.97. The lowest BCUT2D eigenvalue weighted by atomic mass is 9.79. The number of carbonyl (C=O) groups is 2. The molecule has 2 rings (SSSR count). The molecule has 1 fully saturated rings. The van der Waals surface area contributed by atoms with Gasteiger partial charge in [0.2, 0.25) is 0 Å². The second kappa shape index (κ2) is 6.70. The van der Waals surface area contributed by atoms with Crippen LogP contribution < -0.4 is 5.32 Å². The van der Waals surface area contributed by atoms with E-state index in [2.05, 4.69) is 24.1 Å². The summed E-state index contributed by atoms with van der Waals surface area (Å²) in [7, 11) is 0. The van der Waals surface area contributed by atoms with Crippen LogP contribution in [0.4, 0.5) is 0 Å². The minimum Gasteiger partial charge on any atom is -0.477 e. The lowest BCUT2D eigenvalue weighted by molar-refractivity contribution is 0.0690. The second-order valence-corrected chi connectivity index (χ2v) is 6.06. The van der Waals surface area contributed by atoms with Crippen LogP contribution in [0.15, 0.2) is 18.3 Å². The summed E-state index contributed by atoms with van der Waals surface area (Å²) in [4.78, 5) is 26.8. The van der Waals surface area contributed by atoms with E-state index in [-0.39, 0.29) is 17.6 Å². The van der Waals surface area contributed by atoms with Gasteiger partial charge in [0.25, 0.3) is 5.91 Å². The van der Waals surface area contributed by atoms with E-state index in [1.807, 2.05) is 0 Å². The Morgan fingerprint density at radius 2 is 1.95 bits per heavy atom. The Hall–Kier alpha value is -1.91. The van der Waals surface area contributed by atoms with E-state index in [0.717, 1.165) is 31.6 Å². The first kappa shape index (κ1) is 15.5. The highest BCUT2D eigenvalue weighted by Crippen LogP contribution is 2.29. The van der Waals surface area contributed by atoms with Crippen LogP contribution in [0, 0.1) is 11.8 Å². The number of hydrogen-bond donors (Lipinski definition) is 2. The molecule has 2 N–H and O–H groups in total. The molecule has 1 aliphatic carbocycles. The van der Waals surface area contributed by atoms with E-state index in [4.69, 9.17) is 5.11 Å². The zero-order chi connectivity index (χ0) is 15.4. The molecule has 0 atom stereocenters. The van der Waals surface area contributed by atoms with Gasteiger partial charge in [0, 0.05) is 17.8 Å². The first-order valence-corrected chi connectivity index (χ1v) is 7.47. The number of carbonyl (C=O) groups excluding carboxylic acids is 1. The summed E-state index contributed by atoms with van der Waals surface area (Å²) in [5, 5.41) is 11.9. The largest absolute Gasteiger partial charge is 0.477 e. The summed E-state index contributed by atoms with van der Waals surface area (Å²) in [5.74, 6) is 0.104. The number of carboxylic acid groups (broad SMARTS) is 1. The molecule has 0 spiro atoms. The van der Waals surface area contributed by atoms with E-state index >= 15 is 0 Å². The smallest absolute Gasteiger partial charge is 0.354 e. The maximum Gasteiger partial charge on any atom is 0.354 e. The van der Waals surface area contributed by atoms with Gasteiger partial charge in [-0.3, -0.25) is 4.79 Å². The van der Waals surface area contributed by atoms with Gasteiger partial charge in [-0.2, -0.15) is 0 Å². The van der Waals surface area contributed by atoms with Crippen molar-refractivity contribution in [2.24, 2.45) is 11.8 Å². The van der Waals surface area contributed by atoms with Gasteiger partial charge in [-0.15, -0.1) is 0 Å². The Balaban J connectivity index is 1.93. The number of amides is 1. The summed E-state index contributed by atoms with van der Waals surface area (Å²) >= 11 is 0. The van der Waals surface area contributed by atoms with Crippen LogP contribution in [0.25, 0.3) is 0 Å². The minimum absolute atomic E-state index is 0.105. The fraction of sp³-hybridized carbons (Fsp3) is 0.562. The van der Waals surface area contributed by atoms with Crippen LogP contribution in [0.1, 0.15) is 60.4 Å². The van der Waals surface area contributed by atoms with E-state index in [1.54, 1.807) is 6.07 Å². The van der Waals surface area contributed by atoms with Crippen molar-refractivity contribution in [1.82, 2.24) is 10.3 Å². The molecule has 1 saturated carbocycles. The quantitative estimate of drug-likeness (QED) is 0.893. The molecule has 5 heteroatoms. The van der Waals surface area contributed by atoms with E-state index in [1.165, 1.54) is 12.3 Å². The lowest BCUT2D eigenvalue weighted by Crippen LogP contribution is -2.38. The number of carboxylic acids is 1. The molecular formula is C16H22N2O3. The highest BCUT2D eigenvalue weighted by Gasteiger charge is 2.24. The normalized spacial score (nSPS) is 22.0. The summed E-state index contributed by atoms with van der Waals surface area (Å²) in [6, 6.07) is 3.05. The number of rotatable bonds is 4. The SMILES string of the molecule is CC(C)C1CCC(NC(=O)c2ccnc(C(=O)O)c2)CC1. The molecule has 0 aromatic carbocycles. The Labute approximate surface area is 124 Å². The molecule has 0 saturated heterocycles. The van der Waals surface area contributed by atoms with Crippen LogP contribution in [-0.4, -0.2) is 28.0 Å². The van der Waals surface area contributed by atoms with Crippen molar-refractivity contribution in [2.45, 2.75) is 45.6 Å². The first-order valence-electron chi connectivity index (χ1n) is 7.47. The van der Waals surface area contributed by atoms with Crippen LogP contribution in [0.5, 0.6) is 0 Å². The molecular weight excluding hydrogens is 268 g/mol. The van der Waals surface area contributed by atoms with E-state index in [9.17, 15) is 9.59 Å². The summed E-state index contributed by atoms with van der Waals surface area (Å²) in [6.07, 6.45) is 5.61. The molecule has 21 heavy (non-hydrogen) atoms. The number of nitrogens with one attached hydrogen (secondary N) is 1. The second-order valence-electron chi connectivity index (χ2n) is 6.06. The number of pyridine rings is 1. The summed E-state index contributed by atoms with van der Waals surface area (Å²) in [6.45, 7) is 4.49. The molecule has 114 valence electrons. The molecule has 1 aromatic rings. The Morgan fingerprint density at radius 3 is 2.52 bits per heavy atom. The number of aromatic nitrogens is 1. The van der Waals surface area contributed by atoms with Crippen LogP contribution in [-0.2, 0) is 0 Å². The van der Waals surface area contributed by atoms with Crippen LogP contribution in [0.3, 0.4) is 0 Å². The third-order valence-electron chi connectivity index (χ3n) is 4.29. The Kier molecular flexibility index (Phi) is 4.94. The summed E-state index contributed by atoms with van der Waals surface area (Å²) < 4.78 is 0. The van der Waals surface area contributed by atoms with Crippen molar-refractivity contribution in [3.05, 3.63) is 29.6 Å². The monoisotopic (exact) mass is 290 g/mol. The molecule has 0 unspecified atom stereocenters. The Bertz CT molecular complexity index is 520. The minimum atomic E-state index is -1.12. The predicted octanol–water partition coefficient (Wildman–Crippen LogP) is 2.72. The number of hydrogen-bond acceptors (Lipinski definition) is 3. The summed E-state index contributed by atoms with van der Waals surface area (Å²) in [5.41, 5.74) is 0.250. The van der Waals surface area contributed by atoms with Gasteiger partial charge >= 0.3 is 5.97 Å². The zero-order valence-corrected chi connectivity index (χ0v) is 12.5. The number of aromatic carboxylic acids is 1. The average Bonchev–Trinajstić information content (AvgIpc) is 2.48. The van der Waals surface area contributed by atoms with Gasteiger partial charge < -0.3 is 10.4 Å².